The summed E-state index contributed by atoms with van der Waals surface area (Å²) in [6.07, 6.45) is 1.09. The maximum absolute atomic E-state index is 12.2. The number of hydrogen-bond donors (Lipinski definition) is 3. The van der Waals surface area contributed by atoms with Crippen LogP contribution in [0.25, 0.3) is 11.4 Å². The van der Waals surface area contributed by atoms with Crippen LogP contribution in [0, 0.1) is 13.8 Å². The first kappa shape index (κ1) is 23.6. The molecule has 0 unspecified atom stereocenters. The van der Waals surface area contributed by atoms with E-state index in [0.29, 0.717) is 31.0 Å². The van der Waals surface area contributed by atoms with Crippen molar-refractivity contribution in [1.29, 1.82) is 0 Å². The fourth-order valence-electron chi connectivity index (χ4n) is 2.86. The van der Waals surface area contributed by atoms with Crippen LogP contribution in [-0.4, -0.2) is 30.9 Å². The molecule has 3 aromatic rings. The van der Waals surface area contributed by atoms with Gasteiger partial charge in [-0.1, -0.05) is 0 Å². The van der Waals surface area contributed by atoms with E-state index in [1.165, 1.54) is 0 Å². The van der Waals surface area contributed by atoms with Crippen LogP contribution in [-0.2, 0) is 24.8 Å². The number of aromatic nitrogens is 5. The lowest BCUT2D eigenvalue weighted by Gasteiger charge is -2.06. The van der Waals surface area contributed by atoms with Gasteiger partial charge < -0.3 is 11.1 Å². The van der Waals surface area contributed by atoms with Crippen LogP contribution >= 0.6 is 24.8 Å². The molecule has 2 aromatic heterocycles. The van der Waals surface area contributed by atoms with Gasteiger partial charge in [0.15, 0.2) is 5.82 Å². The van der Waals surface area contributed by atoms with Gasteiger partial charge in [-0.3, -0.25) is 14.6 Å². The number of H-pyrrole nitrogens is 1. The molecular weight excluding hydrogens is 401 g/mol. The van der Waals surface area contributed by atoms with E-state index in [4.69, 9.17) is 5.73 Å². The number of hydrogen-bond acceptors (Lipinski definition) is 5. The molecule has 0 aliphatic carbocycles. The van der Waals surface area contributed by atoms with Crippen LogP contribution in [0.15, 0.2) is 24.3 Å². The SMILES string of the molecule is Cc1nn(C)c(C)c1CCC(=O)Nc1ccc(-c2n[nH]c(CN)n2)cc1.Cl.Cl. The molecule has 8 nitrogen and oxygen atoms in total. The maximum Gasteiger partial charge on any atom is 0.224 e. The monoisotopic (exact) mass is 425 g/mol. The van der Waals surface area contributed by atoms with Gasteiger partial charge in [0.1, 0.15) is 5.82 Å². The minimum atomic E-state index is -0.0243. The Morgan fingerprint density at radius 3 is 2.43 bits per heavy atom. The van der Waals surface area contributed by atoms with Crippen molar-refractivity contribution in [2.45, 2.75) is 33.2 Å². The Labute approximate surface area is 176 Å². The first-order valence-electron chi connectivity index (χ1n) is 8.48. The third-order valence-electron chi connectivity index (χ3n) is 4.41. The number of nitrogens with one attached hydrogen (secondary N) is 2. The van der Waals surface area contributed by atoms with Gasteiger partial charge in [0.25, 0.3) is 0 Å². The van der Waals surface area contributed by atoms with Crippen LogP contribution < -0.4 is 11.1 Å². The van der Waals surface area contributed by atoms with E-state index in [-0.39, 0.29) is 30.7 Å². The molecule has 1 amide bonds. The number of amides is 1. The highest BCUT2D eigenvalue weighted by molar-refractivity contribution is 5.91. The van der Waals surface area contributed by atoms with Crippen molar-refractivity contribution in [2.24, 2.45) is 12.8 Å². The Kier molecular flexibility index (Phi) is 8.62. The number of aromatic amines is 1. The molecule has 0 aliphatic heterocycles. The standard InChI is InChI=1S/C18H23N7O.2ClH/c1-11-15(12(2)25(3)24-11)8-9-17(26)20-14-6-4-13(5-7-14)18-21-16(10-19)22-23-18;;/h4-7H,8-10,19H2,1-3H3,(H,20,26)(H,21,22,23);2*1H. The van der Waals surface area contributed by atoms with Gasteiger partial charge in [-0.15, -0.1) is 24.8 Å². The summed E-state index contributed by atoms with van der Waals surface area (Å²) in [7, 11) is 1.91. The van der Waals surface area contributed by atoms with Crippen molar-refractivity contribution in [3.8, 4) is 11.4 Å². The second-order valence-electron chi connectivity index (χ2n) is 6.21. The van der Waals surface area contributed by atoms with Gasteiger partial charge in [-0.25, -0.2) is 4.98 Å². The number of anilines is 1. The van der Waals surface area contributed by atoms with E-state index in [9.17, 15) is 4.79 Å². The van der Waals surface area contributed by atoms with Crippen molar-refractivity contribution in [1.82, 2.24) is 25.0 Å². The minimum Gasteiger partial charge on any atom is -0.326 e. The molecule has 2 heterocycles. The first-order chi connectivity index (χ1) is 12.5. The number of nitrogens with zero attached hydrogens (tertiary/aromatic N) is 4. The summed E-state index contributed by atoms with van der Waals surface area (Å²) in [5, 5.41) is 14.2. The predicted octanol–water partition coefficient (Wildman–Crippen LogP) is 2.70. The fourth-order valence-corrected chi connectivity index (χ4v) is 2.86. The second kappa shape index (κ2) is 10.2. The number of benzene rings is 1. The number of nitrogens with two attached hydrogens (primary N) is 1. The molecule has 0 aliphatic rings. The number of halogens is 2. The molecule has 10 heteroatoms. The van der Waals surface area contributed by atoms with Gasteiger partial charge >= 0.3 is 0 Å². The Hall–Kier alpha value is -2.42. The Morgan fingerprint density at radius 2 is 1.89 bits per heavy atom. The summed E-state index contributed by atoms with van der Waals surface area (Å²) in [4.78, 5) is 16.5. The average molecular weight is 426 g/mol. The largest absolute Gasteiger partial charge is 0.326 e. The molecule has 0 saturated heterocycles. The number of carbonyl (C=O) groups is 1. The number of carbonyl (C=O) groups excluding carboxylic acids is 1. The van der Waals surface area contributed by atoms with Crippen molar-refractivity contribution < 1.29 is 4.79 Å². The lowest BCUT2D eigenvalue weighted by Crippen LogP contribution is -2.12. The molecule has 28 heavy (non-hydrogen) atoms. The van der Waals surface area contributed by atoms with Gasteiger partial charge in [0.05, 0.1) is 12.2 Å². The van der Waals surface area contributed by atoms with Gasteiger partial charge in [0, 0.05) is 30.4 Å². The third-order valence-corrected chi connectivity index (χ3v) is 4.41. The Morgan fingerprint density at radius 1 is 1.21 bits per heavy atom. The molecule has 0 spiro atoms. The zero-order valence-electron chi connectivity index (χ0n) is 16.0. The molecule has 0 saturated carbocycles. The van der Waals surface area contributed by atoms with Crippen molar-refractivity contribution in [3.63, 3.8) is 0 Å². The second-order valence-corrected chi connectivity index (χ2v) is 6.21. The zero-order chi connectivity index (χ0) is 18.7. The zero-order valence-corrected chi connectivity index (χ0v) is 17.7. The van der Waals surface area contributed by atoms with E-state index in [2.05, 4.69) is 25.6 Å². The smallest absolute Gasteiger partial charge is 0.224 e. The normalized spacial score (nSPS) is 10.1. The van der Waals surface area contributed by atoms with Crippen LogP contribution in [0.5, 0.6) is 0 Å². The molecule has 1 aromatic carbocycles. The van der Waals surface area contributed by atoms with E-state index in [1.807, 2.05) is 49.8 Å². The summed E-state index contributed by atoms with van der Waals surface area (Å²) in [5.41, 5.74) is 10.3. The van der Waals surface area contributed by atoms with Crippen LogP contribution in [0.3, 0.4) is 0 Å². The van der Waals surface area contributed by atoms with E-state index in [0.717, 1.165) is 28.2 Å². The molecule has 0 radical (unpaired) electrons. The van der Waals surface area contributed by atoms with Crippen LogP contribution in [0.2, 0.25) is 0 Å². The quantitative estimate of drug-likeness (QED) is 0.561. The minimum absolute atomic E-state index is 0. The van der Waals surface area contributed by atoms with Crippen LogP contribution in [0.4, 0.5) is 5.69 Å². The fraction of sp³-hybridized carbons (Fsp3) is 0.333. The lowest BCUT2D eigenvalue weighted by atomic mass is 10.1. The van der Waals surface area contributed by atoms with Crippen molar-refractivity contribution >= 4 is 36.4 Å². The van der Waals surface area contributed by atoms with Gasteiger partial charge in [-0.05, 0) is 50.1 Å². The highest BCUT2D eigenvalue weighted by atomic mass is 35.5. The first-order valence-corrected chi connectivity index (χ1v) is 8.48. The molecule has 0 bridgehead atoms. The maximum atomic E-state index is 12.2. The summed E-state index contributed by atoms with van der Waals surface area (Å²) >= 11 is 0. The van der Waals surface area contributed by atoms with E-state index < -0.39 is 0 Å². The van der Waals surface area contributed by atoms with Crippen molar-refractivity contribution in [3.05, 3.63) is 47.0 Å². The Balaban J connectivity index is 0.00000196. The molecule has 3 rings (SSSR count). The molecule has 152 valence electrons. The highest BCUT2D eigenvalue weighted by Crippen LogP contribution is 2.19. The van der Waals surface area contributed by atoms with E-state index in [1.54, 1.807) is 0 Å². The molecule has 0 fully saturated rings. The number of aryl methyl sites for hydroxylation is 2. The van der Waals surface area contributed by atoms with Crippen molar-refractivity contribution in [2.75, 3.05) is 5.32 Å². The predicted molar refractivity (Wildman–Crippen MR) is 114 cm³/mol. The lowest BCUT2D eigenvalue weighted by molar-refractivity contribution is -0.116. The highest BCUT2D eigenvalue weighted by Gasteiger charge is 2.12. The topological polar surface area (TPSA) is 115 Å². The Bertz CT molecular complexity index is 919. The van der Waals surface area contributed by atoms with Crippen LogP contribution in [0.1, 0.15) is 29.2 Å². The summed E-state index contributed by atoms with van der Waals surface area (Å²) in [6.45, 7) is 4.31. The molecule has 4 N–H and O–H groups in total. The van der Waals surface area contributed by atoms with Gasteiger partial charge in [0.2, 0.25) is 5.91 Å². The third kappa shape index (κ3) is 5.31. The molecule has 0 atom stereocenters. The summed E-state index contributed by atoms with van der Waals surface area (Å²) in [6, 6.07) is 7.42. The van der Waals surface area contributed by atoms with Gasteiger partial charge in [-0.2, -0.15) is 10.2 Å². The number of rotatable bonds is 6. The molecular formula is C18H25Cl2N7O. The van der Waals surface area contributed by atoms with E-state index >= 15 is 0 Å². The average Bonchev–Trinajstić information content (AvgIpc) is 3.19. The summed E-state index contributed by atoms with van der Waals surface area (Å²) < 4.78 is 1.85. The summed E-state index contributed by atoms with van der Waals surface area (Å²) in [5.74, 6) is 1.20.